The number of fused-ring (bicyclic) bond motifs is 1. The summed E-state index contributed by atoms with van der Waals surface area (Å²) in [5.41, 5.74) is 1.24. The van der Waals surface area contributed by atoms with Gasteiger partial charge in [-0.05, 0) is 24.5 Å². The molecule has 0 radical (unpaired) electrons. The Morgan fingerprint density at radius 3 is 3.12 bits per heavy atom. The van der Waals surface area contributed by atoms with Crippen LogP contribution in [0, 0.1) is 0 Å². The Kier molecular flexibility index (Phi) is 2.76. The van der Waals surface area contributed by atoms with Gasteiger partial charge >= 0.3 is 0 Å². The van der Waals surface area contributed by atoms with Gasteiger partial charge in [0, 0.05) is 6.20 Å². The van der Waals surface area contributed by atoms with E-state index in [0.29, 0.717) is 19.8 Å². The van der Waals surface area contributed by atoms with E-state index < -0.39 is 0 Å². The smallest absolute Gasteiger partial charge is 0.141 e. The first-order valence-corrected chi connectivity index (χ1v) is 5.72. The van der Waals surface area contributed by atoms with Gasteiger partial charge in [-0.1, -0.05) is 0 Å². The van der Waals surface area contributed by atoms with Gasteiger partial charge in [0.1, 0.15) is 18.0 Å². The first kappa shape index (κ1) is 10.1. The lowest BCUT2D eigenvalue weighted by Gasteiger charge is -2.33. The van der Waals surface area contributed by atoms with Crippen molar-refractivity contribution in [2.45, 2.75) is 25.0 Å². The summed E-state index contributed by atoms with van der Waals surface area (Å²) < 4.78 is 17.0. The Bertz CT molecular complexity index is 363. The standard InChI is InChI=1S/C12H15NO3/c1-2-10(12-8-14-5-6-15-12)16-11-7-13-4-3-9(1)11/h3-4,7,10,12H,1-2,5-6,8H2. The summed E-state index contributed by atoms with van der Waals surface area (Å²) in [5.74, 6) is 0.896. The number of hydrogen-bond donors (Lipinski definition) is 0. The van der Waals surface area contributed by atoms with Gasteiger partial charge in [-0.2, -0.15) is 0 Å². The maximum absolute atomic E-state index is 5.90. The van der Waals surface area contributed by atoms with Gasteiger partial charge in [-0.15, -0.1) is 0 Å². The second-order valence-electron chi connectivity index (χ2n) is 4.16. The van der Waals surface area contributed by atoms with Crippen molar-refractivity contribution in [3.8, 4) is 5.75 Å². The van der Waals surface area contributed by atoms with Crippen molar-refractivity contribution in [2.24, 2.45) is 0 Å². The molecule has 0 aromatic carbocycles. The highest BCUT2D eigenvalue weighted by Crippen LogP contribution is 2.28. The van der Waals surface area contributed by atoms with Crippen LogP contribution in [-0.4, -0.2) is 37.0 Å². The minimum absolute atomic E-state index is 0.0714. The highest BCUT2D eigenvalue weighted by Gasteiger charge is 2.30. The molecule has 0 bridgehead atoms. The predicted octanol–water partition coefficient (Wildman–Crippen LogP) is 1.19. The summed E-state index contributed by atoms with van der Waals surface area (Å²) in [4.78, 5) is 4.08. The lowest BCUT2D eigenvalue weighted by molar-refractivity contribution is -0.129. The van der Waals surface area contributed by atoms with Crippen LogP contribution in [-0.2, 0) is 15.9 Å². The maximum atomic E-state index is 5.90. The second-order valence-corrected chi connectivity index (χ2v) is 4.16. The van der Waals surface area contributed by atoms with E-state index in [9.17, 15) is 0 Å². The fraction of sp³-hybridized carbons (Fsp3) is 0.583. The molecule has 0 amide bonds. The average molecular weight is 221 g/mol. The number of aryl methyl sites for hydroxylation is 1. The number of hydrogen-bond acceptors (Lipinski definition) is 4. The van der Waals surface area contributed by atoms with Crippen molar-refractivity contribution < 1.29 is 14.2 Å². The SMILES string of the molecule is c1cc2c(cn1)OC(C1COCCO1)CC2. The highest BCUT2D eigenvalue weighted by molar-refractivity contribution is 5.32. The molecule has 1 aromatic heterocycles. The molecule has 2 atom stereocenters. The number of nitrogens with zero attached hydrogens (tertiary/aromatic N) is 1. The zero-order chi connectivity index (χ0) is 10.8. The van der Waals surface area contributed by atoms with Crippen LogP contribution in [0.1, 0.15) is 12.0 Å². The summed E-state index contributed by atoms with van der Waals surface area (Å²) in [6.07, 6.45) is 5.79. The molecule has 0 N–H and O–H groups in total. The Balaban J connectivity index is 1.72. The molecule has 86 valence electrons. The molecule has 3 rings (SSSR count). The van der Waals surface area contributed by atoms with Crippen LogP contribution in [0.25, 0.3) is 0 Å². The lowest BCUT2D eigenvalue weighted by Crippen LogP contribution is -2.43. The largest absolute Gasteiger partial charge is 0.486 e. The molecule has 2 aliphatic rings. The molecule has 2 unspecified atom stereocenters. The summed E-state index contributed by atoms with van der Waals surface area (Å²) in [6.45, 7) is 2.01. The van der Waals surface area contributed by atoms with Crippen molar-refractivity contribution in [2.75, 3.05) is 19.8 Å². The molecular weight excluding hydrogens is 206 g/mol. The lowest BCUT2D eigenvalue weighted by atomic mass is 10.0. The summed E-state index contributed by atoms with van der Waals surface area (Å²) >= 11 is 0. The van der Waals surface area contributed by atoms with Crippen LogP contribution in [0.4, 0.5) is 0 Å². The van der Waals surface area contributed by atoms with Gasteiger partial charge < -0.3 is 14.2 Å². The van der Waals surface area contributed by atoms with E-state index in [1.165, 1.54) is 5.56 Å². The third-order valence-electron chi connectivity index (χ3n) is 3.10. The first-order chi connectivity index (χ1) is 7.93. The molecule has 0 spiro atoms. The molecule has 16 heavy (non-hydrogen) atoms. The van der Waals surface area contributed by atoms with Crippen LogP contribution in [0.15, 0.2) is 18.5 Å². The van der Waals surface area contributed by atoms with Crippen LogP contribution in [0.2, 0.25) is 0 Å². The third kappa shape index (κ3) is 1.90. The monoisotopic (exact) mass is 221 g/mol. The summed E-state index contributed by atoms with van der Waals surface area (Å²) in [5, 5.41) is 0. The molecule has 3 heterocycles. The van der Waals surface area contributed by atoms with Crippen LogP contribution < -0.4 is 4.74 Å². The molecule has 4 heteroatoms. The van der Waals surface area contributed by atoms with E-state index in [2.05, 4.69) is 4.98 Å². The van der Waals surface area contributed by atoms with Crippen molar-refractivity contribution in [1.29, 1.82) is 0 Å². The Hall–Kier alpha value is -1.13. The zero-order valence-corrected chi connectivity index (χ0v) is 9.09. The number of pyridine rings is 1. The predicted molar refractivity (Wildman–Crippen MR) is 57.5 cm³/mol. The Morgan fingerprint density at radius 1 is 1.25 bits per heavy atom. The number of ether oxygens (including phenoxy) is 3. The molecule has 1 fully saturated rings. The van der Waals surface area contributed by atoms with Gasteiger partial charge in [0.25, 0.3) is 0 Å². The molecule has 0 aliphatic carbocycles. The molecular formula is C12H15NO3. The minimum atomic E-state index is 0.0714. The van der Waals surface area contributed by atoms with E-state index in [1.807, 2.05) is 12.3 Å². The second kappa shape index (κ2) is 4.39. The molecule has 4 nitrogen and oxygen atoms in total. The fourth-order valence-electron chi connectivity index (χ4n) is 2.22. The zero-order valence-electron chi connectivity index (χ0n) is 9.09. The maximum Gasteiger partial charge on any atom is 0.141 e. The molecule has 1 saturated heterocycles. The Labute approximate surface area is 94.5 Å². The van der Waals surface area contributed by atoms with Gasteiger partial charge in [0.2, 0.25) is 0 Å². The van der Waals surface area contributed by atoms with Gasteiger partial charge in [-0.3, -0.25) is 4.98 Å². The van der Waals surface area contributed by atoms with Crippen molar-refractivity contribution in [3.05, 3.63) is 24.0 Å². The van der Waals surface area contributed by atoms with Crippen LogP contribution in [0.3, 0.4) is 0 Å². The van der Waals surface area contributed by atoms with Crippen molar-refractivity contribution in [3.63, 3.8) is 0 Å². The van der Waals surface area contributed by atoms with E-state index in [1.54, 1.807) is 6.20 Å². The van der Waals surface area contributed by atoms with E-state index in [0.717, 1.165) is 18.6 Å². The van der Waals surface area contributed by atoms with Crippen molar-refractivity contribution >= 4 is 0 Å². The van der Waals surface area contributed by atoms with Gasteiger partial charge in [-0.25, -0.2) is 0 Å². The van der Waals surface area contributed by atoms with Crippen LogP contribution >= 0.6 is 0 Å². The number of aromatic nitrogens is 1. The van der Waals surface area contributed by atoms with Gasteiger partial charge in [0.15, 0.2) is 0 Å². The summed E-state index contributed by atoms with van der Waals surface area (Å²) in [7, 11) is 0. The quantitative estimate of drug-likeness (QED) is 0.714. The normalized spacial score (nSPS) is 29.2. The van der Waals surface area contributed by atoms with Crippen LogP contribution in [0.5, 0.6) is 5.75 Å². The Morgan fingerprint density at radius 2 is 2.25 bits per heavy atom. The topological polar surface area (TPSA) is 40.6 Å². The van der Waals surface area contributed by atoms with E-state index in [4.69, 9.17) is 14.2 Å². The molecule has 1 aromatic rings. The molecule has 0 saturated carbocycles. The highest BCUT2D eigenvalue weighted by atomic mass is 16.6. The fourth-order valence-corrected chi connectivity index (χ4v) is 2.22. The third-order valence-corrected chi connectivity index (χ3v) is 3.10. The van der Waals surface area contributed by atoms with Crippen molar-refractivity contribution in [1.82, 2.24) is 4.98 Å². The average Bonchev–Trinajstić information content (AvgIpc) is 2.39. The molecule has 2 aliphatic heterocycles. The van der Waals surface area contributed by atoms with Gasteiger partial charge in [0.05, 0.1) is 26.0 Å². The van der Waals surface area contributed by atoms with E-state index >= 15 is 0 Å². The summed E-state index contributed by atoms with van der Waals surface area (Å²) in [6, 6.07) is 2.02. The minimum Gasteiger partial charge on any atom is -0.486 e. The first-order valence-electron chi connectivity index (χ1n) is 5.72. The van der Waals surface area contributed by atoms with E-state index in [-0.39, 0.29) is 12.2 Å². The number of rotatable bonds is 1.